The molecule has 19 heavy (non-hydrogen) atoms. The van der Waals surface area contributed by atoms with E-state index < -0.39 is 0 Å². The minimum Gasteiger partial charge on any atom is -0.362 e. The van der Waals surface area contributed by atoms with E-state index in [4.69, 9.17) is 4.99 Å². The summed E-state index contributed by atoms with van der Waals surface area (Å²) in [7, 11) is 0. The van der Waals surface area contributed by atoms with Crippen molar-refractivity contribution < 1.29 is 0 Å². The van der Waals surface area contributed by atoms with Crippen LogP contribution < -0.4 is 5.32 Å². The second-order valence-corrected chi connectivity index (χ2v) is 8.15. The van der Waals surface area contributed by atoms with Gasteiger partial charge < -0.3 is 5.32 Å². The average Bonchev–Trinajstić information content (AvgIpc) is 2.97. The Morgan fingerprint density at radius 3 is 3.11 bits per heavy atom. The molecule has 3 atom stereocenters. The SMILES string of the molecule is Cc1ccc(CC(C)NC2=NC3CCCC3CS2)s1. The molecule has 1 N–H and O–H groups in total. The van der Waals surface area contributed by atoms with Crippen LogP contribution in [-0.4, -0.2) is 23.0 Å². The van der Waals surface area contributed by atoms with Gasteiger partial charge in [-0.2, -0.15) is 0 Å². The summed E-state index contributed by atoms with van der Waals surface area (Å²) in [4.78, 5) is 7.78. The summed E-state index contributed by atoms with van der Waals surface area (Å²) in [5.74, 6) is 2.12. The van der Waals surface area contributed by atoms with Crippen LogP contribution in [-0.2, 0) is 6.42 Å². The van der Waals surface area contributed by atoms with Crippen LogP contribution in [0.3, 0.4) is 0 Å². The standard InChI is InChI=1S/C15H22N2S2/c1-10(8-13-7-6-11(2)19-13)16-15-17-14-5-3-4-12(14)9-18-15/h6-7,10,12,14H,3-5,8-9H2,1-2H3,(H,16,17). The number of hydrogen-bond acceptors (Lipinski definition) is 4. The number of fused-ring (bicyclic) bond motifs is 1. The molecule has 0 bridgehead atoms. The summed E-state index contributed by atoms with van der Waals surface area (Å²) in [5, 5.41) is 4.79. The van der Waals surface area contributed by atoms with Gasteiger partial charge in [-0.25, -0.2) is 0 Å². The first kappa shape index (κ1) is 13.5. The molecule has 3 rings (SSSR count). The summed E-state index contributed by atoms with van der Waals surface area (Å²) in [6.45, 7) is 4.44. The molecule has 2 aliphatic rings. The van der Waals surface area contributed by atoms with E-state index in [1.165, 1.54) is 39.9 Å². The molecule has 0 spiro atoms. The lowest BCUT2D eigenvalue weighted by molar-refractivity contribution is 0.530. The summed E-state index contributed by atoms with van der Waals surface area (Å²) in [5.41, 5.74) is 0. The van der Waals surface area contributed by atoms with Crippen molar-refractivity contribution in [2.24, 2.45) is 10.9 Å². The molecule has 2 heterocycles. The fourth-order valence-corrected chi connectivity index (χ4v) is 5.27. The van der Waals surface area contributed by atoms with Crippen LogP contribution in [0.2, 0.25) is 0 Å². The molecule has 1 aliphatic carbocycles. The fraction of sp³-hybridized carbons (Fsp3) is 0.667. The number of aryl methyl sites for hydroxylation is 1. The minimum absolute atomic E-state index is 0.474. The first-order valence-corrected chi connectivity index (χ1v) is 9.03. The normalized spacial score (nSPS) is 27.8. The van der Waals surface area contributed by atoms with Gasteiger partial charge in [0.05, 0.1) is 6.04 Å². The third kappa shape index (κ3) is 3.34. The van der Waals surface area contributed by atoms with Gasteiger partial charge in [0, 0.05) is 28.0 Å². The van der Waals surface area contributed by atoms with Crippen molar-refractivity contribution in [1.29, 1.82) is 0 Å². The highest BCUT2D eigenvalue weighted by Gasteiger charge is 2.31. The number of amidine groups is 1. The van der Waals surface area contributed by atoms with Gasteiger partial charge in [-0.3, -0.25) is 4.99 Å². The van der Waals surface area contributed by atoms with Crippen molar-refractivity contribution in [3.05, 3.63) is 21.9 Å². The minimum atomic E-state index is 0.474. The van der Waals surface area contributed by atoms with Crippen LogP contribution in [0, 0.1) is 12.8 Å². The van der Waals surface area contributed by atoms with E-state index in [0.717, 1.165) is 12.3 Å². The summed E-state index contributed by atoms with van der Waals surface area (Å²) >= 11 is 3.83. The largest absolute Gasteiger partial charge is 0.362 e. The predicted octanol–water partition coefficient (Wildman–Crippen LogP) is 3.85. The van der Waals surface area contributed by atoms with E-state index in [1.54, 1.807) is 0 Å². The molecule has 1 aromatic rings. The molecule has 0 saturated heterocycles. The lowest BCUT2D eigenvalue weighted by Crippen LogP contribution is -2.36. The number of rotatable bonds is 3. The Balaban J connectivity index is 1.56. The van der Waals surface area contributed by atoms with Crippen molar-refractivity contribution in [2.45, 2.75) is 51.6 Å². The lowest BCUT2D eigenvalue weighted by Gasteiger charge is -2.25. The quantitative estimate of drug-likeness (QED) is 0.915. The van der Waals surface area contributed by atoms with Crippen LogP contribution in [0.25, 0.3) is 0 Å². The van der Waals surface area contributed by atoms with E-state index in [1.807, 2.05) is 23.1 Å². The van der Waals surface area contributed by atoms with Crippen molar-refractivity contribution in [2.75, 3.05) is 5.75 Å². The number of thiophene rings is 1. The van der Waals surface area contributed by atoms with Gasteiger partial charge in [0.15, 0.2) is 5.17 Å². The van der Waals surface area contributed by atoms with Gasteiger partial charge in [0.25, 0.3) is 0 Å². The number of thioether (sulfide) groups is 1. The second-order valence-electron chi connectivity index (χ2n) is 5.77. The monoisotopic (exact) mass is 294 g/mol. The summed E-state index contributed by atoms with van der Waals surface area (Å²) in [6, 6.07) is 5.55. The second kappa shape index (κ2) is 5.88. The molecule has 0 radical (unpaired) electrons. The topological polar surface area (TPSA) is 24.4 Å². The van der Waals surface area contributed by atoms with Gasteiger partial charge in [-0.15, -0.1) is 11.3 Å². The number of aliphatic imine (C=N–C) groups is 1. The molecule has 1 fully saturated rings. The molecule has 1 aromatic heterocycles. The zero-order valence-corrected chi connectivity index (χ0v) is 13.3. The Hall–Kier alpha value is -0.480. The van der Waals surface area contributed by atoms with E-state index in [2.05, 4.69) is 31.3 Å². The Morgan fingerprint density at radius 1 is 1.42 bits per heavy atom. The van der Waals surface area contributed by atoms with Crippen molar-refractivity contribution in [3.63, 3.8) is 0 Å². The smallest absolute Gasteiger partial charge is 0.157 e. The Bertz CT molecular complexity index is 466. The van der Waals surface area contributed by atoms with Crippen molar-refractivity contribution in [1.82, 2.24) is 5.32 Å². The van der Waals surface area contributed by atoms with Gasteiger partial charge in [-0.05, 0) is 44.7 Å². The van der Waals surface area contributed by atoms with Crippen molar-refractivity contribution in [3.8, 4) is 0 Å². The Morgan fingerprint density at radius 2 is 2.32 bits per heavy atom. The molecule has 1 aliphatic heterocycles. The number of nitrogens with zero attached hydrogens (tertiary/aromatic N) is 1. The van der Waals surface area contributed by atoms with Crippen LogP contribution >= 0.6 is 23.1 Å². The molecule has 3 unspecified atom stereocenters. The predicted molar refractivity (Wildman–Crippen MR) is 86.4 cm³/mol. The third-order valence-corrected chi connectivity index (χ3v) is 6.12. The molecule has 4 heteroatoms. The van der Waals surface area contributed by atoms with Crippen molar-refractivity contribution >= 4 is 28.3 Å². The van der Waals surface area contributed by atoms with Crippen LogP contribution in [0.1, 0.15) is 35.9 Å². The lowest BCUT2D eigenvalue weighted by atomic mass is 10.1. The third-order valence-electron chi connectivity index (χ3n) is 4.01. The highest BCUT2D eigenvalue weighted by atomic mass is 32.2. The van der Waals surface area contributed by atoms with Crippen LogP contribution in [0.4, 0.5) is 0 Å². The average molecular weight is 294 g/mol. The van der Waals surface area contributed by atoms with Gasteiger partial charge in [-0.1, -0.05) is 18.2 Å². The van der Waals surface area contributed by atoms with Crippen LogP contribution in [0.15, 0.2) is 17.1 Å². The van der Waals surface area contributed by atoms with Gasteiger partial charge in [0.1, 0.15) is 0 Å². The van der Waals surface area contributed by atoms with Crippen LogP contribution in [0.5, 0.6) is 0 Å². The molecule has 0 aromatic carbocycles. The number of nitrogens with one attached hydrogen (secondary N) is 1. The Kier molecular flexibility index (Phi) is 4.18. The maximum Gasteiger partial charge on any atom is 0.157 e. The fourth-order valence-electron chi connectivity index (χ4n) is 2.99. The molecule has 1 saturated carbocycles. The zero-order valence-electron chi connectivity index (χ0n) is 11.7. The van der Waals surface area contributed by atoms with E-state index in [-0.39, 0.29) is 0 Å². The highest BCUT2D eigenvalue weighted by Crippen LogP contribution is 2.35. The highest BCUT2D eigenvalue weighted by molar-refractivity contribution is 8.13. The van der Waals surface area contributed by atoms with E-state index in [9.17, 15) is 0 Å². The maximum atomic E-state index is 4.90. The maximum absolute atomic E-state index is 4.90. The Labute approximate surface area is 124 Å². The molecule has 2 nitrogen and oxygen atoms in total. The molecule has 0 amide bonds. The van der Waals surface area contributed by atoms with Gasteiger partial charge in [0.2, 0.25) is 0 Å². The first-order valence-electron chi connectivity index (χ1n) is 7.23. The molecular weight excluding hydrogens is 272 g/mol. The van der Waals surface area contributed by atoms with E-state index in [0.29, 0.717) is 12.1 Å². The first-order chi connectivity index (χ1) is 9.20. The van der Waals surface area contributed by atoms with Gasteiger partial charge >= 0.3 is 0 Å². The molecular formula is C15H22N2S2. The summed E-state index contributed by atoms with van der Waals surface area (Å²) < 4.78 is 0. The zero-order chi connectivity index (χ0) is 13.2. The number of hydrogen-bond donors (Lipinski definition) is 1. The van der Waals surface area contributed by atoms with E-state index >= 15 is 0 Å². The molecule has 104 valence electrons. The summed E-state index contributed by atoms with van der Waals surface area (Å²) in [6.07, 6.45) is 5.16.